The summed E-state index contributed by atoms with van der Waals surface area (Å²) in [5, 5.41) is -3.86. The molecule has 0 aliphatic heterocycles. The molecule has 0 aliphatic carbocycles. The number of rotatable bonds is 1. The molecule has 2 aromatic carbocycles. The van der Waals surface area contributed by atoms with Crippen LogP contribution in [-0.2, 0) is 5.25 Å². The monoisotopic (exact) mass is 390 g/mol. The molecule has 0 aliphatic rings. The largest absolute Gasteiger partial charge is 0.673 e. The molecule has 1 aromatic heterocycles. The number of benzene rings is 2. The SMILES string of the molecule is FC(F)(F)C(F)(F)[s+]1c2ccccc2c2ccccc21.F[B-](F)(F)F. The van der Waals surface area contributed by atoms with Gasteiger partial charge in [0.1, 0.15) is 0 Å². The number of halogens is 9. The van der Waals surface area contributed by atoms with Gasteiger partial charge in [-0.1, -0.05) is 24.3 Å². The first kappa shape index (κ1) is 19.4. The van der Waals surface area contributed by atoms with E-state index in [1.165, 1.54) is 24.3 Å². The topological polar surface area (TPSA) is 0 Å². The van der Waals surface area contributed by atoms with E-state index in [9.17, 15) is 39.2 Å². The Hall–Kier alpha value is -1.91. The van der Waals surface area contributed by atoms with Crippen molar-refractivity contribution in [3.8, 4) is 0 Å². The van der Waals surface area contributed by atoms with E-state index in [0.29, 0.717) is 10.8 Å². The Labute approximate surface area is 137 Å². The second kappa shape index (κ2) is 6.43. The van der Waals surface area contributed by atoms with E-state index in [-0.39, 0.29) is 9.40 Å². The van der Waals surface area contributed by atoms with Crippen LogP contribution < -0.4 is 0 Å². The van der Waals surface area contributed by atoms with Gasteiger partial charge in [-0.2, -0.15) is 13.2 Å². The second-order valence-electron chi connectivity index (χ2n) is 4.81. The molecule has 0 amide bonds. The predicted molar refractivity (Wildman–Crippen MR) is 80.4 cm³/mol. The maximum atomic E-state index is 13.9. The summed E-state index contributed by atoms with van der Waals surface area (Å²) in [5.41, 5.74) is 0. The quantitative estimate of drug-likeness (QED) is 0.235. The molecule has 0 atom stereocenters. The fourth-order valence-corrected chi connectivity index (χ4v) is 4.49. The van der Waals surface area contributed by atoms with Crippen LogP contribution in [0.15, 0.2) is 48.5 Å². The Bertz CT molecular complexity index is 820. The molecular formula is C14H8BF9S. The van der Waals surface area contributed by atoms with Crippen LogP contribution in [-0.4, -0.2) is 13.4 Å². The lowest BCUT2D eigenvalue weighted by Gasteiger charge is -2.12. The average Bonchev–Trinajstić information content (AvgIpc) is 2.79. The van der Waals surface area contributed by atoms with E-state index < -0.39 is 29.2 Å². The maximum absolute atomic E-state index is 13.9. The van der Waals surface area contributed by atoms with Gasteiger partial charge < -0.3 is 17.3 Å². The second-order valence-corrected chi connectivity index (χ2v) is 6.81. The summed E-state index contributed by atoms with van der Waals surface area (Å²) in [4.78, 5) is 0. The van der Waals surface area contributed by atoms with Gasteiger partial charge in [0.25, 0.3) is 0 Å². The van der Waals surface area contributed by atoms with E-state index in [4.69, 9.17) is 0 Å². The highest BCUT2D eigenvalue weighted by Crippen LogP contribution is 2.59. The molecule has 136 valence electrons. The summed E-state index contributed by atoms with van der Waals surface area (Å²) in [6.45, 7) is 0. The smallest absolute Gasteiger partial charge is 0.418 e. The highest BCUT2D eigenvalue weighted by atomic mass is 32.2. The molecule has 0 radical (unpaired) electrons. The van der Waals surface area contributed by atoms with Gasteiger partial charge in [-0.15, -0.1) is 8.78 Å². The van der Waals surface area contributed by atoms with Crippen molar-refractivity contribution in [1.29, 1.82) is 0 Å². The van der Waals surface area contributed by atoms with Crippen LogP contribution in [0.4, 0.5) is 39.2 Å². The molecular weight excluding hydrogens is 382 g/mol. The van der Waals surface area contributed by atoms with Crippen molar-refractivity contribution >= 4 is 37.9 Å². The lowest BCUT2D eigenvalue weighted by atomic mass is 10.2. The van der Waals surface area contributed by atoms with Gasteiger partial charge in [0.2, 0.25) is 0 Å². The van der Waals surface area contributed by atoms with Crippen molar-refractivity contribution in [3.63, 3.8) is 0 Å². The van der Waals surface area contributed by atoms with Crippen molar-refractivity contribution in [1.82, 2.24) is 0 Å². The van der Waals surface area contributed by atoms with Gasteiger partial charge in [0, 0.05) is 10.8 Å². The first-order chi connectivity index (χ1) is 11.3. The van der Waals surface area contributed by atoms with Crippen LogP contribution in [0, 0.1) is 0 Å². The van der Waals surface area contributed by atoms with E-state index in [2.05, 4.69) is 0 Å². The van der Waals surface area contributed by atoms with E-state index in [0.717, 1.165) is 0 Å². The summed E-state index contributed by atoms with van der Waals surface area (Å²) < 4.78 is 105. The van der Waals surface area contributed by atoms with E-state index in [1.807, 2.05) is 0 Å². The van der Waals surface area contributed by atoms with Crippen molar-refractivity contribution in [2.75, 3.05) is 0 Å². The summed E-state index contributed by atoms with van der Waals surface area (Å²) >= 11 is 0. The fraction of sp³-hybridized carbons (Fsp3) is 0.143. The molecule has 25 heavy (non-hydrogen) atoms. The van der Waals surface area contributed by atoms with Crippen LogP contribution in [0.5, 0.6) is 0 Å². The number of hydrogen-bond acceptors (Lipinski definition) is 0. The van der Waals surface area contributed by atoms with Crippen molar-refractivity contribution < 1.29 is 39.2 Å². The predicted octanol–water partition coefficient (Wildman–Crippen LogP) is 7.15. The molecule has 1 heterocycles. The highest BCUT2D eigenvalue weighted by molar-refractivity contribution is 7.44. The Morgan fingerprint density at radius 3 is 1.28 bits per heavy atom. The molecule has 0 unspecified atom stereocenters. The van der Waals surface area contributed by atoms with Crippen molar-refractivity contribution in [2.24, 2.45) is 0 Å². The van der Waals surface area contributed by atoms with Gasteiger partial charge >= 0.3 is 18.7 Å². The first-order valence-electron chi connectivity index (χ1n) is 6.58. The fourth-order valence-electron chi connectivity index (χ4n) is 2.24. The zero-order valence-corrected chi connectivity index (χ0v) is 12.8. The van der Waals surface area contributed by atoms with Gasteiger partial charge in [0.05, 0.1) is 10.5 Å². The van der Waals surface area contributed by atoms with Crippen LogP contribution >= 0.6 is 10.5 Å². The minimum atomic E-state index is -6.00. The van der Waals surface area contributed by atoms with Gasteiger partial charge in [0.15, 0.2) is 9.40 Å². The maximum Gasteiger partial charge on any atom is 0.673 e. The van der Waals surface area contributed by atoms with Crippen molar-refractivity contribution in [2.45, 2.75) is 11.4 Å². The van der Waals surface area contributed by atoms with Gasteiger partial charge in [-0.25, -0.2) is 0 Å². The Morgan fingerprint density at radius 1 is 0.640 bits per heavy atom. The first-order valence-corrected chi connectivity index (χ1v) is 7.81. The molecule has 3 rings (SSSR count). The summed E-state index contributed by atoms with van der Waals surface area (Å²) in [5.74, 6) is 0. The van der Waals surface area contributed by atoms with Crippen LogP contribution in [0.3, 0.4) is 0 Å². The molecule has 0 spiro atoms. The van der Waals surface area contributed by atoms with Crippen LogP contribution in [0.2, 0.25) is 0 Å². The zero-order chi connectivity index (χ0) is 19.0. The molecule has 0 saturated carbocycles. The average molecular weight is 390 g/mol. The normalized spacial score (nSPS) is 13.0. The summed E-state index contributed by atoms with van der Waals surface area (Å²) in [6, 6.07) is 12.1. The molecule has 0 nitrogen and oxygen atoms in total. The lowest BCUT2D eigenvalue weighted by molar-refractivity contribution is -0.264. The molecule has 0 N–H and O–H groups in total. The highest BCUT2D eigenvalue weighted by Gasteiger charge is 2.69. The lowest BCUT2D eigenvalue weighted by Crippen LogP contribution is -2.29. The molecule has 3 aromatic rings. The summed E-state index contributed by atoms with van der Waals surface area (Å²) in [7, 11) is -8.32. The standard InChI is InChI=1S/C14H8F5S.BF4/c15-13(16,17)14(18,19)20-11-7-3-1-5-9(11)10-6-2-4-8-12(10)20;2-1(3,4)5/h1-8H;/q+1;-1. The minimum Gasteiger partial charge on any atom is -0.418 e. The number of thiophene rings is 1. The Kier molecular flexibility index (Phi) is 5.00. The molecule has 0 saturated heterocycles. The Balaban J connectivity index is 0.000000399. The van der Waals surface area contributed by atoms with Crippen LogP contribution in [0.25, 0.3) is 20.2 Å². The van der Waals surface area contributed by atoms with Gasteiger partial charge in [-0.05, 0) is 24.3 Å². The van der Waals surface area contributed by atoms with Crippen LogP contribution in [0.1, 0.15) is 0 Å². The van der Waals surface area contributed by atoms with Gasteiger partial charge in [-0.3, -0.25) is 0 Å². The van der Waals surface area contributed by atoms with E-state index in [1.54, 1.807) is 24.3 Å². The number of hydrogen-bond donors (Lipinski definition) is 0. The molecule has 11 heteroatoms. The zero-order valence-electron chi connectivity index (χ0n) is 12.0. The molecule has 0 bridgehead atoms. The van der Waals surface area contributed by atoms with Crippen molar-refractivity contribution in [3.05, 3.63) is 48.5 Å². The minimum absolute atomic E-state index is 0.0519. The number of fused-ring (bicyclic) bond motifs is 3. The third-order valence-corrected chi connectivity index (χ3v) is 5.43. The molecule has 0 fully saturated rings. The summed E-state index contributed by atoms with van der Waals surface area (Å²) in [6.07, 6.45) is -5.57. The third kappa shape index (κ3) is 4.02. The van der Waals surface area contributed by atoms with E-state index >= 15 is 0 Å². The Morgan fingerprint density at radius 2 is 0.960 bits per heavy atom. The number of alkyl halides is 5. The third-order valence-electron chi connectivity index (χ3n) is 3.09.